The highest BCUT2D eigenvalue weighted by atomic mass is 28.4. The molecule has 62 valence electrons. The summed E-state index contributed by atoms with van der Waals surface area (Å²) in [6.45, 7) is 8.57. The lowest BCUT2D eigenvalue weighted by atomic mass is 10.5. The fraction of sp³-hybridized carbons (Fsp3) is 1.00. The SMILES string of the molecule is CC(C)O[Si](C)(C)N(C)C. The third-order valence-electron chi connectivity index (χ3n) is 1.60. The van der Waals surface area contributed by atoms with Gasteiger partial charge in [-0.2, -0.15) is 0 Å². The molecular weight excluding hydrogens is 142 g/mol. The molecule has 0 radical (unpaired) electrons. The molecule has 0 aromatic heterocycles. The predicted octanol–water partition coefficient (Wildman–Crippen LogP) is 1.67. The van der Waals surface area contributed by atoms with Gasteiger partial charge < -0.3 is 8.99 Å². The van der Waals surface area contributed by atoms with Crippen molar-refractivity contribution in [2.45, 2.75) is 33.0 Å². The highest BCUT2D eigenvalue weighted by Crippen LogP contribution is 2.09. The first kappa shape index (κ1) is 10.1. The first-order valence-electron chi connectivity index (χ1n) is 3.71. The van der Waals surface area contributed by atoms with Crippen molar-refractivity contribution in [3.05, 3.63) is 0 Å². The summed E-state index contributed by atoms with van der Waals surface area (Å²) < 4.78 is 7.97. The molecule has 0 N–H and O–H groups in total. The molecule has 2 nitrogen and oxygen atoms in total. The van der Waals surface area contributed by atoms with Gasteiger partial charge in [0.15, 0.2) is 0 Å². The van der Waals surface area contributed by atoms with Crippen LogP contribution in [-0.2, 0) is 4.43 Å². The van der Waals surface area contributed by atoms with Crippen LogP contribution in [0.5, 0.6) is 0 Å². The van der Waals surface area contributed by atoms with Crippen molar-refractivity contribution in [2.75, 3.05) is 14.1 Å². The van der Waals surface area contributed by atoms with Gasteiger partial charge in [0, 0.05) is 6.10 Å². The number of hydrogen-bond donors (Lipinski definition) is 0. The molecule has 0 aliphatic carbocycles. The van der Waals surface area contributed by atoms with E-state index in [4.69, 9.17) is 4.43 Å². The van der Waals surface area contributed by atoms with Crippen molar-refractivity contribution in [2.24, 2.45) is 0 Å². The normalized spacial score (nSPS) is 13.2. The van der Waals surface area contributed by atoms with Gasteiger partial charge in [0.25, 0.3) is 8.48 Å². The van der Waals surface area contributed by atoms with E-state index in [0.29, 0.717) is 6.10 Å². The minimum atomic E-state index is -1.51. The Bertz CT molecular complexity index is 102. The van der Waals surface area contributed by atoms with Crippen LogP contribution in [0.1, 0.15) is 13.8 Å². The topological polar surface area (TPSA) is 12.5 Å². The van der Waals surface area contributed by atoms with Crippen LogP contribution in [0, 0.1) is 0 Å². The van der Waals surface area contributed by atoms with Crippen molar-refractivity contribution in [3.63, 3.8) is 0 Å². The maximum Gasteiger partial charge on any atom is 0.264 e. The first-order valence-corrected chi connectivity index (χ1v) is 6.57. The molecule has 0 fully saturated rings. The molecule has 0 saturated heterocycles. The van der Waals surface area contributed by atoms with E-state index < -0.39 is 8.48 Å². The summed E-state index contributed by atoms with van der Waals surface area (Å²) in [4.78, 5) is 0. The molecule has 0 aromatic carbocycles. The van der Waals surface area contributed by atoms with Gasteiger partial charge in [-0.1, -0.05) is 0 Å². The Kier molecular flexibility index (Phi) is 3.55. The van der Waals surface area contributed by atoms with Gasteiger partial charge in [-0.3, -0.25) is 0 Å². The minimum Gasteiger partial charge on any atom is -0.401 e. The van der Waals surface area contributed by atoms with E-state index in [0.717, 1.165) is 0 Å². The molecule has 0 amide bonds. The van der Waals surface area contributed by atoms with Gasteiger partial charge in [0.1, 0.15) is 0 Å². The first-order chi connectivity index (χ1) is 4.36. The van der Waals surface area contributed by atoms with Crippen LogP contribution in [0.4, 0.5) is 0 Å². The van der Waals surface area contributed by atoms with Gasteiger partial charge >= 0.3 is 0 Å². The van der Waals surface area contributed by atoms with Crippen molar-refractivity contribution in [1.82, 2.24) is 4.57 Å². The monoisotopic (exact) mass is 161 g/mol. The van der Waals surface area contributed by atoms with Crippen LogP contribution < -0.4 is 0 Å². The highest BCUT2D eigenvalue weighted by Gasteiger charge is 2.26. The Morgan fingerprint density at radius 2 is 1.60 bits per heavy atom. The maximum absolute atomic E-state index is 5.76. The van der Waals surface area contributed by atoms with Gasteiger partial charge in [0.2, 0.25) is 0 Å². The van der Waals surface area contributed by atoms with Crippen LogP contribution in [0.2, 0.25) is 13.1 Å². The lowest BCUT2D eigenvalue weighted by Crippen LogP contribution is -2.48. The molecule has 0 atom stereocenters. The van der Waals surface area contributed by atoms with Gasteiger partial charge in [0.05, 0.1) is 0 Å². The van der Waals surface area contributed by atoms with E-state index in [1.54, 1.807) is 0 Å². The van der Waals surface area contributed by atoms with E-state index in [9.17, 15) is 0 Å². The minimum absolute atomic E-state index is 0.351. The van der Waals surface area contributed by atoms with Crippen molar-refractivity contribution < 1.29 is 4.43 Å². The van der Waals surface area contributed by atoms with E-state index in [2.05, 4.69) is 45.6 Å². The Hall–Kier alpha value is 0.137. The second kappa shape index (κ2) is 3.51. The zero-order valence-electron chi connectivity index (χ0n) is 7.93. The molecule has 3 heteroatoms. The second-order valence-electron chi connectivity index (χ2n) is 3.51. The Morgan fingerprint density at radius 3 is 1.70 bits per heavy atom. The van der Waals surface area contributed by atoms with Crippen molar-refractivity contribution in [3.8, 4) is 0 Å². The summed E-state index contributed by atoms with van der Waals surface area (Å²) >= 11 is 0. The molecule has 0 aliphatic rings. The molecule has 10 heavy (non-hydrogen) atoms. The summed E-state index contributed by atoms with van der Waals surface area (Å²) in [5.74, 6) is 0. The third kappa shape index (κ3) is 3.34. The summed E-state index contributed by atoms with van der Waals surface area (Å²) in [6, 6.07) is 0. The number of rotatable bonds is 3. The van der Waals surface area contributed by atoms with Crippen LogP contribution in [0.25, 0.3) is 0 Å². The lowest BCUT2D eigenvalue weighted by molar-refractivity contribution is 0.204. The van der Waals surface area contributed by atoms with Crippen LogP contribution in [-0.4, -0.2) is 33.2 Å². The Labute approximate surface area is 65.4 Å². The standard InChI is InChI=1S/C7H19NOSi/c1-7(2)9-10(5,6)8(3)4/h7H,1-6H3. The van der Waals surface area contributed by atoms with E-state index in [1.165, 1.54) is 0 Å². The van der Waals surface area contributed by atoms with Gasteiger partial charge in [-0.05, 0) is 41.0 Å². The second-order valence-corrected chi connectivity index (χ2v) is 7.53. The lowest BCUT2D eigenvalue weighted by Gasteiger charge is -2.31. The average Bonchev–Trinajstić information content (AvgIpc) is 1.60. The Morgan fingerprint density at radius 1 is 1.20 bits per heavy atom. The van der Waals surface area contributed by atoms with E-state index in [1.807, 2.05) is 0 Å². The van der Waals surface area contributed by atoms with Crippen LogP contribution >= 0.6 is 0 Å². The number of hydrogen-bond acceptors (Lipinski definition) is 2. The van der Waals surface area contributed by atoms with E-state index in [-0.39, 0.29) is 0 Å². The molecule has 0 aliphatic heterocycles. The summed E-state index contributed by atoms with van der Waals surface area (Å²) in [7, 11) is 2.65. The van der Waals surface area contributed by atoms with Crippen molar-refractivity contribution >= 4 is 8.48 Å². The molecule has 0 saturated carbocycles. The van der Waals surface area contributed by atoms with Gasteiger partial charge in [-0.15, -0.1) is 0 Å². The molecule has 0 unspecified atom stereocenters. The Balaban J connectivity index is 3.87. The molecule has 0 spiro atoms. The van der Waals surface area contributed by atoms with Crippen molar-refractivity contribution in [1.29, 1.82) is 0 Å². The fourth-order valence-electron chi connectivity index (χ4n) is 0.682. The number of nitrogens with zero attached hydrogens (tertiary/aromatic N) is 1. The summed E-state index contributed by atoms with van der Waals surface area (Å²) in [5, 5.41) is 0. The highest BCUT2D eigenvalue weighted by molar-refractivity contribution is 6.68. The zero-order valence-corrected chi connectivity index (χ0v) is 8.93. The summed E-state index contributed by atoms with van der Waals surface area (Å²) in [6.07, 6.45) is 0.351. The zero-order chi connectivity index (χ0) is 8.36. The molecule has 0 rings (SSSR count). The largest absolute Gasteiger partial charge is 0.401 e. The van der Waals surface area contributed by atoms with Crippen LogP contribution in [0.15, 0.2) is 0 Å². The maximum atomic E-state index is 5.76. The molecular formula is C7H19NOSi. The quantitative estimate of drug-likeness (QED) is 0.584. The summed E-state index contributed by atoms with van der Waals surface area (Å²) in [5.41, 5.74) is 0. The molecule has 0 heterocycles. The van der Waals surface area contributed by atoms with E-state index >= 15 is 0 Å². The average molecular weight is 161 g/mol. The smallest absolute Gasteiger partial charge is 0.264 e. The molecule has 0 bridgehead atoms. The third-order valence-corrected chi connectivity index (χ3v) is 4.80. The van der Waals surface area contributed by atoms with Crippen LogP contribution in [0.3, 0.4) is 0 Å². The molecule has 0 aromatic rings. The predicted molar refractivity (Wildman–Crippen MR) is 47.4 cm³/mol. The fourth-order valence-corrected chi connectivity index (χ4v) is 2.05. The van der Waals surface area contributed by atoms with Gasteiger partial charge in [-0.25, -0.2) is 0 Å².